The minimum Gasteiger partial charge on any atom is -0.495 e. The molecule has 4 N–H and O–H groups in total. The van der Waals surface area contributed by atoms with Crippen molar-refractivity contribution in [2.45, 2.75) is 23.7 Å². The molecule has 1 aromatic rings. The third-order valence-electron chi connectivity index (χ3n) is 3.20. The monoisotopic (exact) mass is 311 g/mol. The van der Waals surface area contributed by atoms with Gasteiger partial charge in [0.15, 0.2) is 21.5 Å². The Kier molecular flexibility index (Phi) is 3.91. The van der Waals surface area contributed by atoms with Gasteiger partial charge in [0, 0.05) is 6.26 Å². The van der Waals surface area contributed by atoms with E-state index in [9.17, 15) is 13.2 Å². The van der Waals surface area contributed by atoms with Crippen LogP contribution >= 0.6 is 0 Å². The molecule has 1 fully saturated rings. The summed E-state index contributed by atoms with van der Waals surface area (Å²) in [5.74, 6) is -0.943. The first-order valence-electron chi connectivity index (χ1n) is 6.30. The van der Waals surface area contributed by atoms with Gasteiger partial charge in [0.05, 0.1) is 12.7 Å². The molecule has 1 aliphatic rings. The van der Waals surface area contributed by atoms with Crippen LogP contribution in [-0.2, 0) is 9.84 Å². The summed E-state index contributed by atoms with van der Waals surface area (Å²) < 4.78 is 29.3. The number of amides is 1. The molecule has 21 heavy (non-hydrogen) atoms. The van der Waals surface area contributed by atoms with E-state index in [2.05, 4.69) is 4.99 Å². The summed E-state index contributed by atoms with van der Waals surface area (Å²) in [6, 6.07) is 3.13. The van der Waals surface area contributed by atoms with E-state index in [0.717, 1.165) is 19.1 Å². The molecule has 0 spiro atoms. The van der Waals surface area contributed by atoms with Crippen molar-refractivity contribution in [2.24, 2.45) is 16.5 Å². The molecule has 0 heterocycles. The number of rotatable bonds is 4. The summed E-state index contributed by atoms with van der Waals surface area (Å²) in [7, 11) is -2.24. The maximum atomic E-state index is 12.1. The average Bonchev–Trinajstić information content (AvgIpc) is 3.19. The number of benzene rings is 1. The van der Waals surface area contributed by atoms with Crippen LogP contribution in [0.4, 0.5) is 0 Å². The highest BCUT2D eigenvalue weighted by atomic mass is 32.2. The van der Waals surface area contributed by atoms with Gasteiger partial charge in [-0.15, -0.1) is 0 Å². The predicted octanol–water partition coefficient (Wildman–Crippen LogP) is 0.390. The van der Waals surface area contributed by atoms with E-state index in [0.29, 0.717) is 5.56 Å². The van der Waals surface area contributed by atoms with Gasteiger partial charge in [-0.05, 0) is 30.4 Å². The molecule has 2 rings (SSSR count). The van der Waals surface area contributed by atoms with Gasteiger partial charge >= 0.3 is 0 Å². The second kappa shape index (κ2) is 5.36. The van der Waals surface area contributed by atoms with Crippen molar-refractivity contribution < 1.29 is 17.9 Å². The smallest absolute Gasteiger partial charge is 0.283 e. The van der Waals surface area contributed by atoms with Crippen LogP contribution in [0.2, 0.25) is 0 Å². The Morgan fingerprint density at radius 1 is 1.33 bits per heavy atom. The Balaban J connectivity index is 2.70. The van der Waals surface area contributed by atoms with Crippen LogP contribution in [0, 0.1) is 0 Å². The highest BCUT2D eigenvalue weighted by Gasteiger charge is 2.33. The molecule has 0 saturated heterocycles. The quantitative estimate of drug-likeness (QED) is 0.612. The lowest BCUT2D eigenvalue weighted by atomic mass is 10.1. The normalized spacial score (nSPS) is 14.6. The summed E-state index contributed by atoms with van der Waals surface area (Å²) in [4.78, 5) is 15.5. The first kappa shape index (κ1) is 15.3. The third kappa shape index (κ3) is 3.15. The number of methoxy groups -OCH3 is 1. The topological polar surface area (TPSA) is 125 Å². The number of nitrogens with two attached hydrogens (primary N) is 2. The Bertz CT molecular complexity index is 717. The number of carbonyl (C=O) groups excluding carboxylic acids is 1. The maximum Gasteiger partial charge on any atom is 0.283 e. The molecular formula is C13H17N3O4S. The third-order valence-corrected chi connectivity index (χ3v) is 4.36. The van der Waals surface area contributed by atoms with E-state index in [4.69, 9.17) is 16.2 Å². The molecule has 0 atom stereocenters. The molecule has 0 unspecified atom stereocenters. The summed E-state index contributed by atoms with van der Waals surface area (Å²) in [5, 5.41) is 0. The number of hydrogen-bond acceptors (Lipinski definition) is 4. The SMILES string of the molecule is COc1c(C(=O)N=C(N)N)ccc(C2CC2)c1S(C)(=O)=O. The molecule has 1 amide bonds. The zero-order valence-electron chi connectivity index (χ0n) is 11.8. The molecular weight excluding hydrogens is 294 g/mol. The van der Waals surface area contributed by atoms with Crippen molar-refractivity contribution in [3.63, 3.8) is 0 Å². The molecule has 0 aliphatic heterocycles. The van der Waals surface area contributed by atoms with Crippen LogP contribution in [0.5, 0.6) is 5.75 Å². The van der Waals surface area contributed by atoms with Crippen LogP contribution in [-0.4, -0.2) is 33.7 Å². The Hall–Kier alpha value is -2.09. The summed E-state index contributed by atoms with van der Waals surface area (Å²) in [6.07, 6.45) is 2.94. The number of hydrogen-bond donors (Lipinski definition) is 2. The molecule has 1 saturated carbocycles. The minimum absolute atomic E-state index is 0.00287. The van der Waals surface area contributed by atoms with Crippen LogP contribution in [0.25, 0.3) is 0 Å². The lowest BCUT2D eigenvalue weighted by Crippen LogP contribution is -2.24. The summed E-state index contributed by atoms with van der Waals surface area (Å²) in [5.41, 5.74) is 11.1. The summed E-state index contributed by atoms with van der Waals surface area (Å²) in [6.45, 7) is 0. The molecule has 0 radical (unpaired) electrons. The van der Waals surface area contributed by atoms with E-state index >= 15 is 0 Å². The van der Waals surface area contributed by atoms with Gasteiger partial charge in [0.25, 0.3) is 5.91 Å². The van der Waals surface area contributed by atoms with Crippen molar-refractivity contribution >= 4 is 21.7 Å². The van der Waals surface area contributed by atoms with Gasteiger partial charge in [-0.3, -0.25) is 4.79 Å². The predicted molar refractivity (Wildman–Crippen MR) is 78.2 cm³/mol. The molecule has 7 nitrogen and oxygen atoms in total. The van der Waals surface area contributed by atoms with Gasteiger partial charge in [-0.1, -0.05) is 6.07 Å². The van der Waals surface area contributed by atoms with Crippen molar-refractivity contribution in [3.05, 3.63) is 23.3 Å². The first-order chi connectivity index (χ1) is 9.75. The second-order valence-electron chi connectivity index (χ2n) is 4.95. The van der Waals surface area contributed by atoms with Crippen molar-refractivity contribution in [3.8, 4) is 5.75 Å². The van der Waals surface area contributed by atoms with Crippen molar-refractivity contribution in [1.82, 2.24) is 0 Å². The van der Waals surface area contributed by atoms with E-state index in [-0.39, 0.29) is 22.1 Å². The largest absolute Gasteiger partial charge is 0.495 e. The minimum atomic E-state index is -3.55. The highest BCUT2D eigenvalue weighted by Crippen LogP contribution is 2.46. The Labute approximate surface area is 122 Å². The van der Waals surface area contributed by atoms with Gasteiger partial charge in [-0.2, -0.15) is 4.99 Å². The number of sulfone groups is 1. The van der Waals surface area contributed by atoms with Gasteiger partial charge in [-0.25, -0.2) is 8.42 Å². The summed E-state index contributed by atoms with van der Waals surface area (Å²) >= 11 is 0. The number of nitrogens with zero attached hydrogens (tertiary/aromatic N) is 1. The molecule has 0 bridgehead atoms. The van der Waals surface area contributed by atoms with Crippen LogP contribution < -0.4 is 16.2 Å². The number of guanidine groups is 1. The van der Waals surface area contributed by atoms with E-state index in [1.165, 1.54) is 13.2 Å². The van der Waals surface area contributed by atoms with E-state index in [1.807, 2.05) is 0 Å². The van der Waals surface area contributed by atoms with Crippen molar-refractivity contribution in [2.75, 3.05) is 13.4 Å². The van der Waals surface area contributed by atoms with E-state index in [1.54, 1.807) is 6.07 Å². The fourth-order valence-electron chi connectivity index (χ4n) is 2.22. The lowest BCUT2D eigenvalue weighted by Gasteiger charge is -2.14. The van der Waals surface area contributed by atoms with Crippen LogP contribution in [0.1, 0.15) is 34.7 Å². The second-order valence-corrected chi connectivity index (χ2v) is 6.91. The van der Waals surface area contributed by atoms with Crippen molar-refractivity contribution in [1.29, 1.82) is 0 Å². The van der Waals surface area contributed by atoms with Crippen LogP contribution in [0.3, 0.4) is 0 Å². The number of aliphatic imine (C=N–C) groups is 1. The Morgan fingerprint density at radius 3 is 2.38 bits per heavy atom. The zero-order valence-corrected chi connectivity index (χ0v) is 12.6. The maximum absolute atomic E-state index is 12.1. The molecule has 1 aromatic carbocycles. The standard InChI is InChI=1S/C13H17N3O4S/c1-20-10-9(12(17)16-13(14)15)6-5-8(7-3-4-7)11(10)21(2,18)19/h5-7H,3-4H2,1-2H3,(H4,14,15,16,17). The van der Waals surface area contributed by atoms with E-state index < -0.39 is 21.7 Å². The molecule has 1 aliphatic carbocycles. The highest BCUT2D eigenvalue weighted by molar-refractivity contribution is 7.90. The molecule has 8 heteroatoms. The fraction of sp³-hybridized carbons (Fsp3) is 0.385. The lowest BCUT2D eigenvalue weighted by molar-refractivity contribution is 0.0999. The Morgan fingerprint density at radius 2 is 1.95 bits per heavy atom. The fourth-order valence-corrected chi connectivity index (χ4v) is 3.42. The number of carbonyl (C=O) groups is 1. The van der Waals surface area contributed by atoms with Gasteiger partial charge in [0.2, 0.25) is 0 Å². The molecule has 114 valence electrons. The number of ether oxygens (including phenoxy) is 1. The zero-order chi connectivity index (χ0) is 15.8. The molecule has 0 aromatic heterocycles. The van der Waals surface area contributed by atoms with Gasteiger partial charge < -0.3 is 16.2 Å². The van der Waals surface area contributed by atoms with Gasteiger partial charge in [0.1, 0.15) is 4.90 Å². The average molecular weight is 311 g/mol. The van der Waals surface area contributed by atoms with Crippen LogP contribution in [0.15, 0.2) is 22.0 Å². The first-order valence-corrected chi connectivity index (χ1v) is 8.19.